The predicted octanol–water partition coefficient (Wildman–Crippen LogP) is 2.81. The topological polar surface area (TPSA) is 44.8 Å². The van der Waals surface area contributed by atoms with Gasteiger partial charge in [0.2, 0.25) is 0 Å². The lowest BCUT2D eigenvalue weighted by molar-refractivity contribution is -0.149. The van der Waals surface area contributed by atoms with E-state index < -0.39 is 0 Å². The van der Waals surface area contributed by atoms with Crippen LogP contribution in [0.2, 0.25) is 0 Å². The largest absolute Gasteiger partial charge is 0.490 e. The number of esters is 1. The van der Waals surface area contributed by atoms with Crippen LogP contribution >= 0.6 is 0 Å². The molecule has 0 bridgehead atoms. The standard InChI is InChI=1S/C14H20O4/c1-4-9-16-12-7-5-6-8-13(12)17-10-14(15)18-11(2)3/h5-8,11H,4,9-10H2,1-3H3. The number of carbonyl (C=O) groups excluding carboxylic acids is 1. The number of para-hydroxylation sites is 2. The number of hydrogen-bond donors (Lipinski definition) is 0. The molecule has 0 saturated heterocycles. The van der Waals surface area contributed by atoms with Crippen LogP contribution in [0.5, 0.6) is 11.5 Å². The van der Waals surface area contributed by atoms with E-state index in [1.54, 1.807) is 19.9 Å². The van der Waals surface area contributed by atoms with Gasteiger partial charge >= 0.3 is 5.97 Å². The minimum Gasteiger partial charge on any atom is -0.490 e. The molecule has 0 aromatic heterocycles. The van der Waals surface area contributed by atoms with Crippen molar-refractivity contribution in [2.75, 3.05) is 13.2 Å². The van der Waals surface area contributed by atoms with Gasteiger partial charge in [-0.05, 0) is 32.4 Å². The third-order valence-corrected chi connectivity index (χ3v) is 2.02. The summed E-state index contributed by atoms with van der Waals surface area (Å²) in [5, 5.41) is 0. The Bertz CT molecular complexity index is 374. The second-order valence-electron chi connectivity index (χ2n) is 4.12. The molecular formula is C14H20O4. The molecule has 0 aliphatic carbocycles. The fourth-order valence-corrected chi connectivity index (χ4v) is 1.33. The number of benzene rings is 1. The molecule has 4 heteroatoms. The average Bonchev–Trinajstić information content (AvgIpc) is 2.34. The maximum absolute atomic E-state index is 11.4. The van der Waals surface area contributed by atoms with E-state index in [0.717, 1.165) is 6.42 Å². The van der Waals surface area contributed by atoms with E-state index in [1.807, 2.05) is 25.1 Å². The molecule has 0 amide bonds. The van der Waals surface area contributed by atoms with E-state index in [4.69, 9.17) is 14.2 Å². The highest BCUT2D eigenvalue weighted by Gasteiger charge is 2.09. The first kappa shape index (κ1) is 14.4. The van der Waals surface area contributed by atoms with Crippen LogP contribution in [0.4, 0.5) is 0 Å². The van der Waals surface area contributed by atoms with Crippen molar-refractivity contribution in [2.45, 2.75) is 33.3 Å². The van der Waals surface area contributed by atoms with Crippen molar-refractivity contribution < 1.29 is 19.0 Å². The zero-order chi connectivity index (χ0) is 13.4. The molecule has 0 unspecified atom stereocenters. The highest BCUT2D eigenvalue weighted by Crippen LogP contribution is 2.26. The second kappa shape index (κ2) is 7.58. The van der Waals surface area contributed by atoms with Gasteiger partial charge in [-0.15, -0.1) is 0 Å². The zero-order valence-electron chi connectivity index (χ0n) is 11.1. The van der Waals surface area contributed by atoms with Crippen LogP contribution < -0.4 is 9.47 Å². The number of rotatable bonds is 7. The summed E-state index contributed by atoms with van der Waals surface area (Å²) in [5.74, 6) is 0.832. The van der Waals surface area contributed by atoms with Gasteiger partial charge in [-0.2, -0.15) is 0 Å². The summed E-state index contributed by atoms with van der Waals surface area (Å²) >= 11 is 0. The molecule has 0 atom stereocenters. The van der Waals surface area contributed by atoms with Crippen molar-refractivity contribution in [2.24, 2.45) is 0 Å². The molecule has 0 spiro atoms. The lowest BCUT2D eigenvalue weighted by atomic mass is 10.3. The van der Waals surface area contributed by atoms with Gasteiger partial charge in [0.15, 0.2) is 18.1 Å². The van der Waals surface area contributed by atoms with Crippen LogP contribution in [-0.4, -0.2) is 25.3 Å². The summed E-state index contributed by atoms with van der Waals surface area (Å²) in [6, 6.07) is 7.29. The number of ether oxygens (including phenoxy) is 3. The molecule has 0 heterocycles. The molecule has 0 radical (unpaired) electrons. The van der Waals surface area contributed by atoms with Crippen molar-refractivity contribution in [3.05, 3.63) is 24.3 Å². The first-order valence-electron chi connectivity index (χ1n) is 6.17. The van der Waals surface area contributed by atoms with Gasteiger partial charge in [0.05, 0.1) is 12.7 Å². The van der Waals surface area contributed by atoms with E-state index in [-0.39, 0.29) is 18.7 Å². The number of carbonyl (C=O) groups is 1. The summed E-state index contributed by atoms with van der Waals surface area (Å²) in [7, 11) is 0. The van der Waals surface area contributed by atoms with Crippen molar-refractivity contribution in [3.8, 4) is 11.5 Å². The lowest BCUT2D eigenvalue weighted by Gasteiger charge is -2.12. The van der Waals surface area contributed by atoms with Gasteiger partial charge in [-0.3, -0.25) is 0 Å². The lowest BCUT2D eigenvalue weighted by Crippen LogP contribution is -2.18. The summed E-state index contributed by atoms with van der Waals surface area (Å²) in [4.78, 5) is 11.4. The molecule has 0 fully saturated rings. The Kier molecular flexibility index (Phi) is 6.05. The molecule has 1 rings (SSSR count). The highest BCUT2D eigenvalue weighted by molar-refractivity contribution is 5.71. The summed E-state index contributed by atoms with van der Waals surface area (Å²) in [6.45, 7) is 6.15. The first-order valence-corrected chi connectivity index (χ1v) is 6.17. The minimum absolute atomic E-state index is 0.106. The highest BCUT2D eigenvalue weighted by atomic mass is 16.6. The normalized spacial score (nSPS) is 10.2. The van der Waals surface area contributed by atoms with Crippen LogP contribution in [0.1, 0.15) is 27.2 Å². The van der Waals surface area contributed by atoms with E-state index in [1.165, 1.54) is 0 Å². The molecule has 0 aliphatic heterocycles. The molecule has 1 aromatic carbocycles. The molecule has 4 nitrogen and oxygen atoms in total. The summed E-state index contributed by atoms with van der Waals surface area (Å²) < 4.78 is 15.9. The summed E-state index contributed by atoms with van der Waals surface area (Å²) in [6.07, 6.45) is 0.789. The third-order valence-electron chi connectivity index (χ3n) is 2.02. The smallest absolute Gasteiger partial charge is 0.344 e. The molecule has 1 aromatic rings. The van der Waals surface area contributed by atoms with E-state index in [0.29, 0.717) is 18.1 Å². The van der Waals surface area contributed by atoms with Gasteiger partial charge < -0.3 is 14.2 Å². The van der Waals surface area contributed by atoms with Gasteiger partial charge in [-0.25, -0.2) is 4.79 Å². The third kappa shape index (κ3) is 5.08. The van der Waals surface area contributed by atoms with Crippen molar-refractivity contribution >= 4 is 5.97 Å². The fraction of sp³-hybridized carbons (Fsp3) is 0.500. The molecular weight excluding hydrogens is 232 g/mol. The Balaban J connectivity index is 2.53. The number of hydrogen-bond acceptors (Lipinski definition) is 4. The van der Waals surface area contributed by atoms with Gasteiger partial charge in [-0.1, -0.05) is 19.1 Å². The zero-order valence-corrected chi connectivity index (χ0v) is 11.1. The SMILES string of the molecule is CCCOc1ccccc1OCC(=O)OC(C)C. The molecule has 0 aliphatic rings. The van der Waals surface area contributed by atoms with E-state index >= 15 is 0 Å². The second-order valence-corrected chi connectivity index (χ2v) is 4.12. The Hall–Kier alpha value is -1.71. The average molecular weight is 252 g/mol. The van der Waals surface area contributed by atoms with Crippen molar-refractivity contribution in [1.82, 2.24) is 0 Å². The Morgan fingerprint density at radius 3 is 2.33 bits per heavy atom. The van der Waals surface area contributed by atoms with Gasteiger partial charge in [0.25, 0.3) is 0 Å². The van der Waals surface area contributed by atoms with Crippen LogP contribution in [0.3, 0.4) is 0 Å². The fourth-order valence-electron chi connectivity index (χ4n) is 1.33. The van der Waals surface area contributed by atoms with Crippen LogP contribution in [0, 0.1) is 0 Å². The first-order chi connectivity index (χ1) is 8.63. The maximum atomic E-state index is 11.4. The molecule has 18 heavy (non-hydrogen) atoms. The van der Waals surface area contributed by atoms with E-state index in [9.17, 15) is 4.79 Å². The van der Waals surface area contributed by atoms with Crippen molar-refractivity contribution in [1.29, 1.82) is 0 Å². The Morgan fingerprint density at radius 1 is 1.17 bits per heavy atom. The van der Waals surface area contributed by atoms with E-state index in [2.05, 4.69) is 0 Å². The van der Waals surface area contributed by atoms with Crippen molar-refractivity contribution in [3.63, 3.8) is 0 Å². The summed E-state index contributed by atoms with van der Waals surface area (Å²) in [5.41, 5.74) is 0. The molecule has 0 saturated carbocycles. The Labute approximate surface area is 108 Å². The van der Waals surface area contributed by atoms with Gasteiger partial charge in [0, 0.05) is 0 Å². The van der Waals surface area contributed by atoms with Crippen LogP contribution in [0.25, 0.3) is 0 Å². The molecule has 0 N–H and O–H groups in total. The van der Waals surface area contributed by atoms with Crippen LogP contribution in [0.15, 0.2) is 24.3 Å². The predicted molar refractivity (Wildman–Crippen MR) is 69.0 cm³/mol. The minimum atomic E-state index is -0.379. The van der Waals surface area contributed by atoms with Crippen LogP contribution in [-0.2, 0) is 9.53 Å². The Morgan fingerprint density at radius 2 is 1.78 bits per heavy atom. The molecule has 100 valence electrons. The maximum Gasteiger partial charge on any atom is 0.344 e. The monoisotopic (exact) mass is 252 g/mol. The quantitative estimate of drug-likeness (QED) is 0.700. The van der Waals surface area contributed by atoms with Gasteiger partial charge in [0.1, 0.15) is 0 Å².